The average Bonchev–Trinajstić information content (AvgIpc) is 2.90. The maximum Gasteiger partial charge on any atom is 0.255 e. The fourth-order valence-electron chi connectivity index (χ4n) is 2.86. The molecular formula is C21H22BrN3O2. The number of carbonyl (C=O) groups is 1. The Balaban J connectivity index is 1.79. The molecule has 1 amide bonds. The predicted molar refractivity (Wildman–Crippen MR) is 111 cm³/mol. The standard InChI is InChI=1S/C21H22BrN3O2/c1-4-27-19-11-6-5-10-18(19)23-21(26)17-9-7-8-16(12-17)13-25-15(3)20(22)14(2)24-25/h5-12H,4,13H2,1-3H3,(H,23,26). The number of aromatic nitrogens is 2. The molecule has 0 unspecified atom stereocenters. The van der Waals surface area contributed by atoms with Crippen molar-refractivity contribution < 1.29 is 9.53 Å². The van der Waals surface area contributed by atoms with Gasteiger partial charge in [0, 0.05) is 5.56 Å². The average molecular weight is 428 g/mol. The number of aryl methyl sites for hydroxylation is 1. The first-order valence-corrected chi connectivity index (χ1v) is 9.60. The van der Waals surface area contributed by atoms with Crippen molar-refractivity contribution in [2.45, 2.75) is 27.3 Å². The smallest absolute Gasteiger partial charge is 0.255 e. The molecule has 1 aromatic heterocycles. The molecule has 1 N–H and O–H groups in total. The van der Waals surface area contributed by atoms with Crippen LogP contribution in [0, 0.1) is 13.8 Å². The van der Waals surface area contributed by atoms with Crippen LogP contribution in [0.1, 0.15) is 34.2 Å². The lowest BCUT2D eigenvalue weighted by Crippen LogP contribution is -2.13. The molecule has 5 nitrogen and oxygen atoms in total. The zero-order chi connectivity index (χ0) is 19.4. The largest absolute Gasteiger partial charge is 0.492 e. The zero-order valence-electron chi connectivity index (χ0n) is 15.6. The number of nitrogens with one attached hydrogen (secondary N) is 1. The number of anilines is 1. The van der Waals surface area contributed by atoms with Crippen molar-refractivity contribution in [2.75, 3.05) is 11.9 Å². The Morgan fingerprint density at radius 2 is 1.96 bits per heavy atom. The SMILES string of the molecule is CCOc1ccccc1NC(=O)c1cccc(Cn2nc(C)c(Br)c2C)c1. The summed E-state index contributed by atoms with van der Waals surface area (Å²) in [6.45, 7) is 7.05. The third kappa shape index (κ3) is 4.39. The third-order valence-electron chi connectivity index (χ3n) is 4.25. The van der Waals surface area contributed by atoms with Gasteiger partial charge in [0.1, 0.15) is 5.75 Å². The lowest BCUT2D eigenvalue weighted by atomic mass is 10.1. The predicted octanol–water partition coefficient (Wildman–Crippen LogP) is 4.96. The van der Waals surface area contributed by atoms with Crippen LogP contribution < -0.4 is 10.1 Å². The van der Waals surface area contributed by atoms with Gasteiger partial charge in [0.05, 0.1) is 34.7 Å². The summed E-state index contributed by atoms with van der Waals surface area (Å²) in [5.41, 5.74) is 4.29. The van der Waals surface area contributed by atoms with E-state index in [9.17, 15) is 4.79 Å². The van der Waals surface area contributed by atoms with Crippen molar-refractivity contribution in [3.63, 3.8) is 0 Å². The highest BCUT2D eigenvalue weighted by atomic mass is 79.9. The Morgan fingerprint density at radius 1 is 1.19 bits per heavy atom. The Morgan fingerprint density at radius 3 is 2.67 bits per heavy atom. The van der Waals surface area contributed by atoms with Crippen LogP contribution in [0.3, 0.4) is 0 Å². The van der Waals surface area contributed by atoms with Gasteiger partial charge in [-0.15, -0.1) is 0 Å². The number of carbonyl (C=O) groups excluding carboxylic acids is 1. The molecule has 0 atom stereocenters. The first-order chi connectivity index (χ1) is 13.0. The van der Waals surface area contributed by atoms with Gasteiger partial charge in [-0.05, 0) is 66.5 Å². The summed E-state index contributed by atoms with van der Waals surface area (Å²) in [6.07, 6.45) is 0. The van der Waals surface area contributed by atoms with Crippen LogP contribution in [0.5, 0.6) is 5.75 Å². The molecule has 0 saturated heterocycles. The van der Waals surface area contributed by atoms with Crippen LogP contribution in [0.25, 0.3) is 0 Å². The van der Waals surface area contributed by atoms with Gasteiger partial charge in [-0.3, -0.25) is 9.48 Å². The van der Waals surface area contributed by atoms with Gasteiger partial charge in [-0.25, -0.2) is 0 Å². The number of benzene rings is 2. The van der Waals surface area contributed by atoms with Crippen molar-refractivity contribution >= 4 is 27.5 Å². The molecule has 3 aromatic rings. The molecule has 140 valence electrons. The summed E-state index contributed by atoms with van der Waals surface area (Å²) < 4.78 is 8.52. The third-order valence-corrected chi connectivity index (χ3v) is 5.40. The van der Waals surface area contributed by atoms with Crippen LogP contribution in [-0.4, -0.2) is 22.3 Å². The highest BCUT2D eigenvalue weighted by Crippen LogP contribution is 2.25. The molecule has 1 heterocycles. The fraction of sp³-hybridized carbons (Fsp3) is 0.238. The minimum Gasteiger partial charge on any atom is -0.492 e. The summed E-state index contributed by atoms with van der Waals surface area (Å²) in [5, 5.41) is 7.47. The lowest BCUT2D eigenvalue weighted by molar-refractivity contribution is 0.102. The first kappa shape index (κ1) is 19.2. The van der Waals surface area contributed by atoms with E-state index in [1.165, 1.54) is 0 Å². The minimum absolute atomic E-state index is 0.168. The van der Waals surface area contributed by atoms with Gasteiger partial charge < -0.3 is 10.1 Å². The van der Waals surface area contributed by atoms with Crippen LogP contribution >= 0.6 is 15.9 Å². The van der Waals surface area contributed by atoms with Gasteiger partial charge in [0.25, 0.3) is 5.91 Å². The molecule has 3 rings (SSSR count). The lowest BCUT2D eigenvalue weighted by Gasteiger charge is -2.12. The maximum atomic E-state index is 12.7. The Kier molecular flexibility index (Phi) is 5.96. The van der Waals surface area contributed by atoms with E-state index in [1.807, 2.05) is 67.9 Å². The van der Waals surface area contributed by atoms with Crippen molar-refractivity contribution in [1.29, 1.82) is 0 Å². The number of hydrogen-bond donors (Lipinski definition) is 1. The van der Waals surface area contributed by atoms with Gasteiger partial charge in [-0.2, -0.15) is 5.10 Å². The molecular weight excluding hydrogens is 406 g/mol. The van der Waals surface area contributed by atoms with Gasteiger partial charge >= 0.3 is 0 Å². The van der Waals surface area contributed by atoms with Gasteiger partial charge in [-0.1, -0.05) is 24.3 Å². The topological polar surface area (TPSA) is 56.1 Å². The summed E-state index contributed by atoms with van der Waals surface area (Å²) in [4.78, 5) is 12.7. The highest BCUT2D eigenvalue weighted by molar-refractivity contribution is 9.10. The Labute approximate surface area is 167 Å². The summed E-state index contributed by atoms with van der Waals surface area (Å²) in [5.74, 6) is 0.496. The van der Waals surface area contributed by atoms with Crippen LogP contribution in [0.2, 0.25) is 0 Å². The number of ether oxygens (including phenoxy) is 1. The molecule has 0 aliphatic rings. The number of nitrogens with zero attached hydrogens (tertiary/aromatic N) is 2. The maximum absolute atomic E-state index is 12.7. The van der Waals surface area contributed by atoms with Crippen molar-refractivity contribution in [2.24, 2.45) is 0 Å². The highest BCUT2D eigenvalue weighted by Gasteiger charge is 2.12. The second-order valence-corrected chi connectivity index (χ2v) is 7.02. The summed E-state index contributed by atoms with van der Waals surface area (Å²) in [6, 6.07) is 15.0. The first-order valence-electron chi connectivity index (χ1n) is 8.81. The number of rotatable bonds is 6. The molecule has 27 heavy (non-hydrogen) atoms. The van der Waals surface area contributed by atoms with Gasteiger partial charge in [0.15, 0.2) is 0 Å². The van der Waals surface area contributed by atoms with E-state index in [2.05, 4.69) is 26.3 Å². The molecule has 0 aliphatic carbocycles. The van der Waals surface area contributed by atoms with E-state index >= 15 is 0 Å². The van der Waals surface area contributed by atoms with Crippen molar-refractivity contribution in [3.05, 3.63) is 75.5 Å². The van der Waals surface area contributed by atoms with Crippen LogP contribution in [-0.2, 0) is 6.54 Å². The van der Waals surface area contributed by atoms with E-state index in [0.29, 0.717) is 30.2 Å². The minimum atomic E-state index is -0.168. The molecule has 2 aromatic carbocycles. The Hall–Kier alpha value is -2.60. The molecule has 6 heteroatoms. The van der Waals surface area contributed by atoms with E-state index in [4.69, 9.17) is 4.74 Å². The number of halogens is 1. The molecule has 0 spiro atoms. The summed E-state index contributed by atoms with van der Waals surface area (Å²) in [7, 11) is 0. The van der Waals surface area contributed by atoms with Crippen molar-refractivity contribution in [1.82, 2.24) is 9.78 Å². The van der Waals surface area contributed by atoms with Crippen LogP contribution in [0.4, 0.5) is 5.69 Å². The molecule has 0 radical (unpaired) electrons. The van der Waals surface area contributed by atoms with E-state index in [1.54, 1.807) is 6.07 Å². The zero-order valence-corrected chi connectivity index (χ0v) is 17.2. The van der Waals surface area contributed by atoms with Crippen LogP contribution in [0.15, 0.2) is 53.0 Å². The van der Waals surface area contributed by atoms with E-state index in [-0.39, 0.29) is 5.91 Å². The second-order valence-electron chi connectivity index (χ2n) is 6.23. The molecule has 0 bridgehead atoms. The van der Waals surface area contributed by atoms with Gasteiger partial charge in [0.2, 0.25) is 0 Å². The fourth-order valence-corrected chi connectivity index (χ4v) is 3.14. The number of amides is 1. The molecule has 0 fully saturated rings. The normalized spacial score (nSPS) is 10.7. The second kappa shape index (κ2) is 8.39. The monoisotopic (exact) mass is 427 g/mol. The summed E-state index contributed by atoms with van der Waals surface area (Å²) >= 11 is 3.55. The Bertz CT molecular complexity index is 966. The van der Waals surface area contributed by atoms with Crippen molar-refractivity contribution in [3.8, 4) is 5.75 Å². The van der Waals surface area contributed by atoms with E-state index < -0.39 is 0 Å². The quantitative estimate of drug-likeness (QED) is 0.604. The molecule has 0 saturated carbocycles. The van der Waals surface area contributed by atoms with E-state index in [0.717, 1.165) is 21.4 Å². The number of para-hydroxylation sites is 2. The number of hydrogen-bond acceptors (Lipinski definition) is 3. The molecule has 0 aliphatic heterocycles.